The van der Waals surface area contributed by atoms with Crippen LogP contribution >= 0.6 is 11.8 Å². The fourth-order valence-corrected chi connectivity index (χ4v) is 9.95. The van der Waals surface area contributed by atoms with Crippen LogP contribution in [0.25, 0.3) is 56.0 Å². The van der Waals surface area contributed by atoms with Crippen molar-refractivity contribution in [2.45, 2.75) is 63.0 Å². The molecule has 60 heavy (non-hydrogen) atoms. The summed E-state index contributed by atoms with van der Waals surface area (Å²) in [4.78, 5) is 3.80. The Bertz CT molecular complexity index is 2690. The number of fused-ring (bicyclic) bond motifs is 2. The molecule has 9 rings (SSSR count). The maximum atomic E-state index is 2.54. The van der Waals surface area contributed by atoms with Crippen LogP contribution in [-0.4, -0.2) is 9.82 Å². The van der Waals surface area contributed by atoms with E-state index in [2.05, 4.69) is 224 Å². The number of nitrogens with zero attached hydrogens (tertiary/aromatic N) is 2. The van der Waals surface area contributed by atoms with Crippen molar-refractivity contribution >= 4 is 45.8 Å². The van der Waals surface area contributed by atoms with Crippen LogP contribution in [0.3, 0.4) is 0 Å². The predicted octanol–water partition coefficient (Wildman–Crippen LogP) is 16.5. The van der Waals surface area contributed by atoms with Crippen LogP contribution < -0.4 is 4.90 Å². The molecule has 3 heteroatoms. The number of thioether (sulfide) groups is 1. The third-order valence-corrected chi connectivity index (χ3v) is 13.0. The van der Waals surface area contributed by atoms with Gasteiger partial charge in [0.1, 0.15) is 0 Å². The molecule has 7 aromatic carbocycles. The third-order valence-electron chi connectivity index (χ3n) is 11.8. The highest BCUT2D eigenvalue weighted by Crippen LogP contribution is 2.43. The van der Waals surface area contributed by atoms with Gasteiger partial charge in [-0.2, -0.15) is 0 Å². The molecule has 0 amide bonds. The summed E-state index contributed by atoms with van der Waals surface area (Å²) in [5, 5.41) is 1.76. The fraction of sp³-hybridized carbons (Fsp3) is 0.158. The highest BCUT2D eigenvalue weighted by atomic mass is 32.2. The topological polar surface area (TPSA) is 8.17 Å². The Morgan fingerprint density at radius 3 is 1.92 bits per heavy atom. The van der Waals surface area contributed by atoms with Crippen LogP contribution in [-0.2, 0) is 12.8 Å². The Labute approximate surface area is 360 Å². The minimum Gasteiger partial charge on any atom is -0.313 e. The maximum Gasteiger partial charge on any atom is 0.0543 e. The van der Waals surface area contributed by atoms with Crippen molar-refractivity contribution in [3.63, 3.8) is 0 Å². The second kappa shape index (κ2) is 17.9. The minimum atomic E-state index is 0.462. The lowest BCUT2D eigenvalue weighted by molar-refractivity contribution is 0.737. The second-order valence-corrected chi connectivity index (χ2v) is 17.2. The summed E-state index contributed by atoms with van der Waals surface area (Å²) in [6.45, 7) is 6.75. The van der Waals surface area contributed by atoms with Gasteiger partial charge in [0.15, 0.2) is 0 Å². The number of rotatable bonds is 9. The zero-order valence-corrected chi connectivity index (χ0v) is 35.7. The molecular formula is C57H52N2S. The average Bonchev–Trinajstić information content (AvgIpc) is 3.62. The number of hydrogen-bond donors (Lipinski definition) is 0. The molecule has 296 valence electrons. The Kier molecular flexibility index (Phi) is 11.7. The molecule has 0 spiro atoms. The number of hydrogen-bond acceptors (Lipinski definition) is 2. The van der Waals surface area contributed by atoms with E-state index in [4.69, 9.17) is 0 Å². The van der Waals surface area contributed by atoms with Gasteiger partial charge in [0.05, 0.1) is 5.52 Å². The molecule has 0 fully saturated rings. The first-order valence-corrected chi connectivity index (χ1v) is 22.4. The lowest BCUT2D eigenvalue weighted by Gasteiger charge is -2.26. The first-order valence-electron chi connectivity index (χ1n) is 21.6. The monoisotopic (exact) mass is 796 g/mol. The largest absolute Gasteiger partial charge is 0.313 e. The first kappa shape index (κ1) is 39.2. The van der Waals surface area contributed by atoms with E-state index < -0.39 is 0 Å². The number of allylic oxidation sites excluding steroid dienone is 2. The summed E-state index contributed by atoms with van der Waals surface area (Å²) >= 11 is 1.99. The van der Waals surface area contributed by atoms with Gasteiger partial charge < -0.3 is 9.47 Å². The van der Waals surface area contributed by atoms with Gasteiger partial charge >= 0.3 is 0 Å². The molecule has 0 N–H and O–H groups in total. The van der Waals surface area contributed by atoms with Crippen LogP contribution in [0, 0.1) is 0 Å². The van der Waals surface area contributed by atoms with Crippen molar-refractivity contribution in [3.8, 4) is 39.1 Å². The quantitative estimate of drug-likeness (QED) is 0.134. The summed E-state index contributed by atoms with van der Waals surface area (Å²) in [5.41, 5.74) is 17.2. The van der Waals surface area contributed by atoms with Gasteiger partial charge in [-0.05, 0) is 146 Å². The van der Waals surface area contributed by atoms with Crippen molar-refractivity contribution < 1.29 is 0 Å². The summed E-state index contributed by atoms with van der Waals surface area (Å²) in [5.74, 6) is 0. The number of benzene rings is 7. The smallest absolute Gasteiger partial charge is 0.0543 e. The molecule has 1 aromatic heterocycles. The van der Waals surface area contributed by atoms with Gasteiger partial charge in [-0.1, -0.05) is 140 Å². The Balaban J connectivity index is 1.17. The molecule has 1 atom stereocenters. The molecule has 8 aromatic rings. The van der Waals surface area contributed by atoms with Crippen molar-refractivity contribution in [1.29, 1.82) is 0 Å². The maximum absolute atomic E-state index is 2.54. The number of aryl methyl sites for hydroxylation is 1. The lowest BCUT2D eigenvalue weighted by atomic mass is 9.97. The van der Waals surface area contributed by atoms with Crippen LogP contribution in [0.4, 0.5) is 17.1 Å². The van der Waals surface area contributed by atoms with E-state index in [1.807, 2.05) is 11.8 Å². The molecule has 0 radical (unpaired) electrons. The fourth-order valence-electron chi connectivity index (χ4n) is 8.90. The van der Waals surface area contributed by atoms with Crippen molar-refractivity contribution in [3.05, 3.63) is 205 Å². The van der Waals surface area contributed by atoms with E-state index in [0.717, 1.165) is 36.3 Å². The van der Waals surface area contributed by atoms with Crippen LogP contribution in [0.15, 0.2) is 193 Å². The molecule has 0 saturated heterocycles. The lowest BCUT2D eigenvalue weighted by Crippen LogP contribution is -2.10. The van der Waals surface area contributed by atoms with Gasteiger partial charge in [0.2, 0.25) is 0 Å². The molecular weight excluding hydrogens is 745 g/mol. The number of aromatic nitrogens is 1. The van der Waals surface area contributed by atoms with Gasteiger partial charge in [0.25, 0.3) is 0 Å². The molecule has 0 bridgehead atoms. The minimum absolute atomic E-state index is 0.462. The van der Waals surface area contributed by atoms with Gasteiger partial charge in [0, 0.05) is 49.5 Å². The van der Waals surface area contributed by atoms with E-state index in [0.29, 0.717) is 5.25 Å². The van der Waals surface area contributed by atoms with E-state index in [9.17, 15) is 0 Å². The van der Waals surface area contributed by atoms with E-state index in [1.54, 1.807) is 0 Å². The second-order valence-electron chi connectivity index (χ2n) is 15.7. The van der Waals surface area contributed by atoms with Crippen LogP contribution in [0.1, 0.15) is 56.9 Å². The SMILES string of the molecule is C/C=C\c1c(CC)n(-c2ccc3c(c2)CCCC/C=C\C(C)S3)c2cccc(-c3cccc(N(c4ccc(-c5ccccc5)cc4)c4ccc(-c5ccccc5)cc4)c3)c12. The molecule has 2 nitrogen and oxygen atoms in total. The summed E-state index contributed by atoms with van der Waals surface area (Å²) < 4.78 is 2.54. The third kappa shape index (κ3) is 8.03. The molecule has 1 aliphatic heterocycles. The standard InChI is InChI=1S/C57H52N2S/c1-4-18-53-54(5-2)59(51-37-38-56-47(40-51)24-11-7-6-10-19-41(3)60-56)55-28-17-27-52(57(53)55)46-25-16-26-50(39-46)58(48-33-29-44(30-34-48)42-20-12-8-13-21-42)49-35-31-45(32-36-49)43-22-14-9-15-23-43/h4,8-10,12-23,25-41H,5-7,11,24H2,1-3H3/b18-4-,19-10-. The summed E-state index contributed by atoms with van der Waals surface area (Å²) in [6, 6.07) is 62.4. The number of anilines is 3. The molecule has 0 saturated carbocycles. The van der Waals surface area contributed by atoms with Gasteiger partial charge in [-0.15, -0.1) is 11.8 Å². The normalized spacial score (nSPS) is 14.9. The first-order chi connectivity index (χ1) is 29.6. The predicted molar refractivity (Wildman–Crippen MR) is 260 cm³/mol. The summed E-state index contributed by atoms with van der Waals surface area (Å²) in [7, 11) is 0. The Morgan fingerprint density at radius 1 is 0.633 bits per heavy atom. The Morgan fingerprint density at radius 2 is 1.27 bits per heavy atom. The molecule has 1 aliphatic rings. The van der Waals surface area contributed by atoms with Crippen molar-refractivity contribution in [2.24, 2.45) is 0 Å². The van der Waals surface area contributed by atoms with Gasteiger partial charge in [-0.3, -0.25) is 0 Å². The van der Waals surface area contributed by atoms with Gasteiger partial charge in [-0.25, -0.2) is 0 Å². The molecule has 0 aliphatic carbocycles. The summed E-state index contributed by atoms with van der Waals surface area (Å²) in [6.07, 6.45) is 14.9. The van der Waals surface area contributed by atoms with Crippen molar-refractivity contribution in [1.82, 2.24) is 4.57 Å². The zero-order chi connectivity index (χ0) is 40.8. The van der Waals surface area contributed by atoms with E-state index >= 15 is 0 Å². The van der Waals surface area contributed by atoms with Crippen LogP contribution in [0.2, 0.25) is 0 Å². The van der Waals surface area contributed by atoms with Crippen LogP contribution in [0.5, 0.6) is 0 Å². The Hall–Kier alpha value is -6.29. The van der Waals surface area contributed by atoms with E-state index in [-0.39, 0.29) is 0 Å². The molecule has 1 unspecified atom stereocenters. The van der Waals surface area contributed by atoms with Crippen molar-refractivity contribution in [2.75, 3.05) is 4.90 Å². The highest BCUT2D eigenvalue weighted by molar-refractivity contribution is 8.00. The zero-order valence-electron chi connectivity index (χ0n) is 34.9. The highest BCUT2D eigenvalue weighted by Gasteiger charge is 2.21. The van der Waals surface area contributed by atoms with E-state index in [1.165, 1.54) is 84.5 Å². The molecule has 2 heterocycles. The average molecular weight is 797 g/mol.